The van der Waals surface area contributed by atoms with Crippen molar-refractivity contribution in [1.82, 2.24) is 10.2 Å². The van der Waals surface area contributed by atoms with E-state index < -0.39 is 11.7 Å². The first kappa shape index (κ1) is 15.7. The van der Waals surface area contributed by atoms with E-state index in [1.165, 1.54) is 23.5 Å². The van der Waals surface area contributed by atoms with E-state index in [-0.39, 0.29) is 12.4 Å². The van der Waals surface area contributed by atoms with Gasteiger partial charge in [0, 0.05) is 5.75 Å². The van der Waals surface area contributed by atoms with Gasteiger partial charge in [0.15, 0.2) is 22.5 Å². The number of para-hydroxylation sites is 1. The molecule has 5 nitrogen and oxygen atoms in total. The predicted molar refractivity (Wildman–Crippen MR) is 81.4 cm³/mol. The number of aromatic nitrogens is 2. The molecule has 0 radical (unpaired) electrons. The van der Waals surface area contributed by atoms with Crippen molar-refractivity contribution in [2.75, 3.05) is 17.7 Å². The van der Waals surface area contributed by atoms with Crippen LogP contribution in [-0.2, 0) is 4.79 Å². The second-order valence-corrected chi connectivity index (χ2v) is 6.31. The Balaban J connectivity index is 1.82. The van der Waals surface area contributed by atoms with Crippen molar-refractivity contribution in [3.63, 3.8) is 0 Å². The quantitative estimate of drug-likeness (QED) is 0.625. The first-order valence-corrected chi connectivity index (χ1v) is 8.12. The minimum atomic E-state index is -0.500. The lowest BCUT2D eigenvalue weighted by molar-refractivity contribution is -0.118. The van der Waals surface area contributed by atoms with E-state index >= 15 is 0 Å². The van der Waals surface area contributed by atoms with Gasteiger partial charge in [0.1, 0.15) is 0 Å². The summed E-state index contributed by atoms with van der Waals surface area (Å²) in [6.45, 7) is 1.80. The molecule has 0 unspecified atom stereocenters. The van der Waals surface area contributed by atoms with Gasteiger partial charge < -0.3 is 4.74 Å². The Morgan fingerprint density at radius 1 is 1.43 bits per heavy atom. The molecule has 0 spiro atoms. The van der Waals surface area contributed by atoms with Crippen molar-refractivity contribution >= 4 is 34.1 Å². The maximum atomic E-state index is 13.3. The maximum absolute atomic E-state index is 13.3. The Labute approximate surface area is 129 Å². The van der Waals surface area contributed by atoms with Crippen molar-refractivity contribution in [3.05, 3.63) is 30.1 Å². The zero-order valence-corrected chi connectivity index (χ0v) is 13.0. The van der Waals surface area contributed by atoms with Crippen LogP contribution in [0.1, 0.15) is 13.3 Å². The number of nitrogens with one attached hydrogen (secondary N) is 1. The second kappa shape index (κ2) is 7.94. The van der Waals surface area contributed by atoms with Gasteiger partial charge >= 0.3 is 0 Å². The minimum Gasteiger partial charge on any atom is -0.481 e. The van der Waals surface area contributed by atoms with E-state index in [0.29, 0.717) is 5.13 Å². The lowest BCUT2D eigenvalue weighted by Crippen LogP contribution is -2.20. The fourth-order valence-corrected chi connectivity index (χ4v) is 3.06. The van der Waals surface area contributed by atoms with Crippen LogP contribution in [0.15, 0.2) is 28.6 Å². The number of carbonyl (C=O) groups excluding carboxylic acids is 1. The molecule has 0 bridgehead atoms. The number of nitrogens with zero attached hydrogens (tertiary/aromatic N) is 2. The molecular weight excluding hydrogens is 313 g/mol. The Kier molecular flexibility index (Phi) is 5.94. The molecule has 0 aliphatic carbocycles. The molecule has 0 aliphatic rings. The third-order valence-corrected chi connectivity index (χ3v) is 4.46. The van der Waals surface area contributed by atoms with E-state index in [0.717, 1.165) is 16.5 Å². The van der Waals surface area contributed by atoms with Gasteiger partial charge in [-0.15, -0.1) is 10.2 Å². The summed E-state index contributed by atoms with van der Waals surface area (Å²) in [7, 11) is 0. The van der Waals surface area contributed by atoms with Crippen LogP contribution in [0.4, 0.5) is 9.52 Å². The van der Waals surface area contributed by atoms with Crippen LogP contribution in [0, 0.1) is 5.82 Å². The lowest BCUT2D eigenvalue weighted by atomic mass is 10.3. The van der Waals surface area contributed by atoms with Crippen molar-refractivity contribution in [1.29, 1.82) is 0 Å². The molecule has 112 valence electrons. The van der Waals surface area contributed by atoms with Gasteiger partial charge in [-0.1, -0.05) is 42.2 Å². The van der Waals surface area contributed by atoms with E-state index in [1.807, 2.05) is 0 Å². The van der Waals surface area contributed by atoms with Gasteiger partial charge in [-0.3, -0.25) is 10.1 Å². The molecule has 1 aromatic carbocycles. The van der Waals surface area contributed by atoms with Gasteiger partial charge in [-0.2, -0.15) is 0 Å². The molecule has 0 saturated heterocycles. The van der Waals surface area contributed by atoms with E-state index in [4.69, 9.17) is 4.74 Å². The average molecular weight is 327 g/mol. The Morgan fingerprint density at radius 2 is 2.24 bits per heavy atom. The highest BCUT2D eigenvalue weighted by atomic mass is 32.2. The molecule has 2 rings (SSSR count). The summed E-state index contributed by atoms with van der Waals surface area (Å²) in [5, 5.41) is 10.8. The summed E-state index contributed by atoms with van der Waals surface area (Å²) < 4.78 is 19.2. The number of carbonyl (C=O) groups is 1. The monoisotopic (exact) mass is 327 g/mol. The van der Waals surface area contributed by atoms with Gasteiger partial charge in [0.25, 0.3) is 5.91 Å². The third kappa shape index (κ3) is 4.98. The summed E-state index contributed by atoms with van der Waals surface area (Å²) in [5.41, 5.74) is 0. The van der Waals surface area contributed by atoms with Gasteiger partial charge in [-0.05, 0) is 18.6 Å². The lowest BCUT2D eigenvalue weighted by Gasteiger charge is -2.05. The van der Waals surface area contributed by atoms with Gasteiger partial charge in [-0.25, -0.2) is 4.39 Å². The first-order chi connectivity index (χ1) is 10.2. The molecular formula is C13H14FN3O2S2. The van der Waals surface area contributed by atoms with Crippen molar-refractivity contribution in [2.45, 2.75) is 17.7 Å². The molecule has 2 aromatic rings. The smallest absolute Gasteiger partial charge is 0.264 e. The van der Waals surface area contributed by atoms with Crippen LogP contribution in [0.3, 0.4) is 0 Å². The molecule has 1 aromatic heterocycles. The summed E-state index contributed by atoms with van der Waals surface area (Å²) in [5.74, 6) is 0.101. The topological polar surface area (TPSA) is 64.1 Å². The highest BCUT2D eigenvalue weighted by molar-refractivity contribution is 8.01. The standard InChI is InChI=1S/C13H14FN3O2S2/c1-2-7-20-13-17-16-12(21-13)15-11(18)8-19-10-6-4-3-5-9(10)14/h3-6H,2,7-8H2,1H3,(H,15,16,18). The maximum Gasteiger partial charge on any atom is 0.264 e. The van der Waals surface area contributed by atoms with Crippen LogP contribution < -0.4 is 10.1 Å². The van der Waals surface area contributed by atoms with Crippen LogP contribution in [-0.4, -0.2) is 28.5 Å². The molecule has 0 atom stereocenters. The Morgan fingerprint density at radius 3 is 3.00 bits per heavy atom. The molecule has 0 fully saturated rings. The van der Waals surface area contributed by atoms with Crippen molar-refractivity contribution in [3.8, 4) is 5.75 Å². The number of ether oxygens (including phenoxy) is 1. The number of amides is 1. The molecule has 8 heteroatoms. The Hall–Kier alpha value is -1.67. The summed E-state index contributed by atoms with van der Waals surface area (Å²) in [6.07, 6.45) is 1.04. The number of halogens is 1. The predicted octanol–water partition coefficient (Wildman–Crippen LogP) is 3.20. The number of hydrogen-bond donors (Lipinski definition) is 1. The first-order valence-electron chi connectivity index (χ1n) is 6.32. The SMILES string of the molecule is CCCSc1nnc(NC(=O)COc2ccccc2F)s1. The average Bonchev–Trinajstić information content (AvgIpc) is 2.91. The minimum absolute atomic E-state index is 0.0455. The largest absolute Gasteiger partial charge is 0.481 e. The molecule has 21 heavy (non-hydrogen) atoms. The third-order valence-electron chi connectivity index (χ3n) is 2.28. The number of thioether (sulfide) groups is 1. The normalized spacial score (nSPS) is 10.4. The second-order valence-electron chi connectivity index (χ2n) is 3.99. The zero-order chi connectivity index (χ0) is 15.1. The molecule has 1 heterocycles. The molecule has 0 aliphatic heterocycles. The van der Waals surface area contributed by atoms with Crippen LogP contribution in [0.5, 0.6) is 5.75 Å². The fraction of sp³-hybridized carbons (Fsp3) is 0.308. The zero-order valence-electron chi connectivity index (χ0n) is 11.3. The summed E-state index contributed by atoms with van der Waals surface area (Å²) in [4.78, 5) is 11.7. The molecule has 1 N–H and O–H groups in total. The number of anilines is 1. The number of benzene rings is 1. The van der Waals surface area contributed by atoms with E-state index in [2.05, 4.69) is 22.4 Å². The van der Waals surface area contributed by atoms with Gasteiger partial charge in [0.2, 0.25) is 5.13 Å². The van der Waals surface area contributed by atoms with E-state index in [1.54, 1.807) is 23.9 Å². The van der Waals surface area contributed by atoms with Crippen LogP contribution in [0.2, 0.25) is 0 Å². The highest BCUT2D eigenvalue weighted by Gasteiger charge is 2.10. The number of hydrogen-bond acceptors (Lipinski definition) is 6. The number of rotatable bonds is 7. The van der Waals surface area contributed by atoms with Crippen LogP contribution in [0.25, 0.3) is 0 Å². The fourth-order valence-electron chi connectivity index (χ4n) is 1.37. The van der Waals surface area contributed by atoms with Gasteiger partial charge in [0.05, 0.1) is 0 Å². The Bertz CT molecular complexity index is 607. The highest BCUT2D eigenvalue weighted by Crippen LogP contribution is 2.25. The summed E-state index contributed by atoms with van der Waals surface area (Å²) >= 11 is 2.90. The van der Waals surface area contributed by atoms with Crippen molar-refractivity contribution in [2.24, 2.45) is 0 Å². The van der Waals surface area contributed by atoms with Crippen LogP contribution >= 0.6 is 23.1 Å². The summed E-state index contributed by atoms with van der Waals surface area (Å²) in [6, 6.07) is 5.93. The molecule has 0 saturated carbocycles. The molecule has 1 amide bonds. The van der Waals surface area contributed by atoms with E-state index in [9.17, 15) is 9.18 Å². The van der Waals surface area contributed by atoms with Crippen molar-refractivity contribution < 1.29 is 13.9 Å².